The monoisotopic (exact) mass is 227 g/mol. The standard InChI is InChI=1S/C10H14ClN3O/c1-15-7-6-14(8-2-3-8)10-9(11)12-4-5-13-10/h4-5,8H,2-3,6-7H2,1H3. The summed E-state index contributed by atoms with van der Waals surface area (Å²) in [7, 11) is 1.70. The Morgan fingerprint density at radius 3 is 2.80 bits per heavy atom. The highest BCUT2D eigenvalue weighted by Crippen LogP contribution is 2.32. The maximum atomic E-state index is 6.01. The Hall–Kier alpha value is -0.870. The second kappa shape index (κ2) is 4.77. The first-order valence-electron chi connectivity index (χ1n) is 5.05. The first kappa shape index (κ1) is 10.6. The predicted molar refractivity (Wildman–Crippen MR) is 59.3 cm³/mol. The lowest BCUT2D eigenvalue weighted by atomic mass is 10.4. The number of halogens is 1. The van der Waals surface area contributed by atoms with E-state index in [0.29, 0.717) is 17.8 Å². The molecule has 0 aliphatic heterocycles. The number of aromatic nitrogens is 2. The van der Waals surface area contributed by atoms with Crippen LogP contribution in [0.25, 0.3) is 0 Å². The summed E-state index contributed by atoms with van der Waals surface area (Å²) in [6.45, 7) is 1.50. The quantitative estimate of drug-likeness (QED) is 0.768. The Balaban J connectivity index is 2.13. The zero-order valence-corrected chi connectivity index (χ0v) is 9.44. The van der Waals surface area contributed by atoms with Crippen LogP contribution in [0.2, 0.25) is 5.15 Å². The Kier molecular flexibility index (Phi) is 3.38. The van der Waals surface area contributed by atoms with Crippen molar-refractivity contribution in [3.63, 3.8) is 0 Å². The molecule has 4 nitrogen and oxygen atoms in total. The molecule has 1 saturated carbocycles. The van der Waals surface area contributed by atoms with Crippen LogP contribution in [0.3, 0.4) is 0 Å². The van der Waals surface area contributed by atoms with Gasteiger partial charge in [0.15, 0.2) is 11.0 Å². The van der Waals surface area contributed by atoms with Gasteiger partial charge in [-0.15, -0.1) is 0 Å². The summed E-state index contributed by atoms with van der Waals surface area (Å²) in [4.78, 5) is 10.5. The molecule has 0 unspecified atom stereocenters. The summed E-state index contributed by atoms with van der Waals surface area (Å²) in [5.41, 5.74) is 0. The zero-order valence-electron chi connectivity index (χ0n) is 8.69. The normalized spacial score (nSPS) is 15.3. The third-order valence-electron chi connectivity index (χ3n) is 2.43. The summed E-state index contributed by atoms with van der Waals surface area (Å²) >= 11 is 6.01. The summed E-state index contributed by atoms with van der Waals surface area (Å²) < 4.78 is 5.08. The van der Waals surface area contributed by atoms with Crippen molar-refractivity contribution in [1.29, 1.82) is 0 Å². The number of hydrogen-bond donors (Lipinski definition) is 0. The molecule has 0 radical (unpaired) electrons. The summed E-state index contributed by atoms with van der Waals surface area (Å²) in [6, 6.07) is 0.564. The number of rotatable bonds is 5. The Morgan fingerprint density at radius 1 is 1.47 bits per heavy atom. The van der Waals surface area contributed by atoms with E-state index in [2.05, 4.69) is 14.9 Å². The van der Waals surface area contributed by atoms with Gasteiger partial charge in [0, 0.05) is 32.1 Å². The van der Waals surface area contributed by atoms with Crippen LogP contribution in [-0.2, 0) is 4.74 Å². The molecule has 0 spiro atoms. The Morgan fingerprint density at radius 2 is 2.20 bits per heavy atom. The third-order valence-corrected chi connectivity index (χ3v) is 2.70. The molecule has 2 rings (SSSR count). The Bertz CT molecular complexity index is 330. The molecule has 1 fully saturated rings. The van der Waals surface area contributed by atoms with Crippen LogP contribution in [-0.4, -0.2) is 36.3 Å². The molecular weight excluding hydrogens is 214 g/mol. The van der Waals surface area contributed by atoms with Gasteiger partial charge in [0.1, 0.15) is 0 Å². The van der Waals surface area contributed by atoms with Crippen molar-refractivity contribution >= 4 is 17.4 Å². The van der Waals surface area contributed by atoms with Crippen molar-refractivity contribution in [2.24, 2.45) is 0 Å². The molecule has 0 aromatic carbocycles. The fourth-order valence-corrected chi connectivity index (χ4v) is 1.76. The van der Waals surface area contributed by atoms with Gasteiger partial charge in [-0.3, -0.25) is 0 Å². The van der Waals surface area contributed by atoms with Gasteiger partial charge >= 0.3 is 0 Å². The lowest BCUT2D eigenvalue weighted by molar-refractivity contribution is 0.204. The smallest absolute Gasteiger partial charge is 0.171 e. The van der Waals surface area contributed by atoms with E-state index in [1.807, 2.05) is 0 Å². The van der Waals surface area contributed by atoms with Crippen LogP contribution in [0.15, 0.2) is 12.4 Å². The molecule has 0 atom stereocenters. The van der Waals surface area contributed by atoms with Gasteiger partial charge < -0.3 is 9.64 Å². The summed E-state index contributed by atoms with van der Waals surface area (Å²) in [5.74, 6) is 0.777. The predicted octanol–water partition coefficient (Wildman–Crippen LogP) is 1.75. The van der Waals surface area contributed by atoms with E-state index in [1.165, 1.54) is 12.8 Å². The van der Waals surface area contributed by atoms with Crippen LogP contribution in [0.5, 0.6) is 0 Å². The average Bonchev–Trinajstić information content (AvgIpc) is 3.05. The van der Waals surface area contributed by atoms with E-state index in [1.54, 1.807) is 19.5 Å². The van der Waals surface area contributed by atoms with Crippen molar-refractivity contribution in [2.75, 3.05) is 25.2 Å². The average molecular weight is 228 g/mol. The maximum Gasteiger partial charge on any atom is 0.171 e. The molecule has 0 amide bonds. The highest BCUT2D eigenvalue weighted by Gasteiger charge is 2.31. The number of anilines is 1. The molecule has 82 valence electrons. The van der Waals surface area contributed by atoms with Crippen molar-refractivity contribution in [1.82, 2.24) is 9.97 Å². The minimum atomic E-state index is 0.473. The highest BCUT2D eigenvalue weighted by molar-refractivity contribution is 6.31. The largest absolute Gasteiger partial charge is 0.383 e. The number of hydrogen-bond acceptors (Lipinski definition) is 4. The summed E-state index contributed by atoms with van der Waals surface area (Å²) in [6.07, 6.45) is 5.68. The molecule has 1 aromatic heterocycles. The van der Waals surface area contributed by atoms with Crippen molar-refractivity contribution < 1.29 is 4.74 Å². The van der Waals surface area contributed by atoms with Crippen LogP contribution >= 0.6 is 11.6 Å². The second-order valence-corrected chi connectivity index (χ2v) is 3.95. The molecule has 0 saturated heterocycles. The molecule has 0 bridgehead atoms. The molecule has 1 aliphatic rings. The van der Waals surface area contributed by atoms with E-state index in [-0.39, 0.29) is 0 Å². The lowest BCUT2D eigenvalue weighted by Crippen LogP contribution is -2.30. The van der Waals surface area contributed by atoms with Crippen LogP contribution in [0.4, 0.5) is 5.82 Å². The molecular formula is C10H14ClN3O. The number of ether oxygens (including phenoxy) is 1. The van der Waals surface area contributed by atoms with E-state index < -0.39 is 0 Å². The Labute approximate surface area is 94.2 Å². The molecule has 1 aliphatic carbocycles. The highest BCUT2D eigenvalue weighted by atomic mass is 35.5. The van der Waals surface area contributed by atoms with E-state index >= 15 is 0 Å². The maximum absolute atomic E-state index is 6.01. The van der Waals surface area contributed by atoms with E-state index in [9.17, 15) is 0 Å². The van der Waals surface area contributed by atoms with Gasteiger partial charge in [-0.05, 0) is 12.8 Å². The lowest BCUT2D eigenvalue weighted by Gasteiger charge is -2.23. The second-order valence-electron chi connectivity index (χ2n) is 3.59. The van der Waals surface area contributed by atoms with Gasteiger partial charge in [-0.25, -0.2) is 9.97 Å². The molecule has 1 heterocycles. The fraction of sp³-hybridized carbons (Fsp3) is 0.600. The van der Waals surface area contributed by atoms with Crippen molar-refractivity contribution in [3.8, 4) is 0 Å². The van der Waals surface area contributed by atoms with E-state index in [4.69, 9.17) is 16.3 Å². The summed E-state index contributed by atoms with van der Waals surface area (Å²) in [5, 5.41) is 0.473. The minimum Gasteiger partial charge on any atom is -0.383 e. The number of nitrogens with zero attached hydrogens (tertiary/aromatic N) is 3. The van der Waals surface area contributed by atoms with Crippen LogP contribution < -0.4 is 4.90 Å². The van der Waals surface area contributed by atoms with Crippen LogP contribution in [0, 0.1) is 0 Å². The molecule has 0 N–H and O–H groups in total. The van der Waals surface area contributed by atoms with Crippen molar-refractivity contribution in [2.45, 2.75) is 18.9 Å². The van der Waals surface area contributed by atoms with Crippen LogP contribution in [0.1, 0.15) is 12.8 Å². The van der Waals surface area contributed by atoms with Crippen molar-refractivity contribution in [3.05, 3.63) is 17.5 Å². The first-order valence-corrected chi connectivity index (χ1v) is 5.43. The van der Waals surface area contributed by atoms with Gasteiger partial charge in [-0.1, -0.05) is 11.6 Å². The fourth-order valence-electron chi connectivity index (χ4n) is 1.54. The topological polar surface area (TPSA) is 38.2 Å². The van der Waals surface area contributed by atoms with Gasteiger partial charge in [-0.2, -0.15) is 0 Å². The molecule has 1 aromatic rings. The van der Waals surface area contributed by atoms with Gasteiger partial charge in [0.2, 0.25) is 0 Å². The minimum absolute atomic E-state index is 0.473. The van der Waals surface area contributed by atoms with E-state index in [0.717, 1.165) is 12.4 Å². The zero-order chi connectivity index (χ0) is 10.7. The van der Waals surface area contributed by atoms with Gasteiger partial charge in [0.25, 0.3) is 0 Å². The first-order chi connectivity index (χ1) is 7.33. The third kappa shape index (κ3) is 2.58. The molecule has 5 heteroatoms. The molecule has 15 heavy (non-hydrogen) atoms. The SMILES string of the molecule is COCCN(c1nccnc1Cl)C1CC1. The van der Waals surface area contributed by atoms with Gasteiger partial charge in [0.05, 0.1) is 6.61 Å². The number of methoxy groups -OCH3 is 1.